The molecular formula is C14H24N4O. The Morgan fingerprint density at radius 1 is 1.26 bits per heavy atom. The van der Waals surface area contributed by atoms with E-state index in [-0.39, 0.29) is 11.9 Å². The lowest BCUT2D eigenvalue weighted by molar-refractivity contribution is 0.0927. The van der Waals surface area contributed by atoms with Crippen LogP contribution in [0.15, 0.2) is 12.4 Å². The van der Waals surface area contributed by atoms with E-state index in [1.807, 2.05) is 0 Å². The van der Waals surface area contributed by atoms with E-state index in [9.17, 15) is 4.79 Å². The summed E-state index contributed by atoms with van der Waals surface area (Å²) >= 11 is 0. The summed E-state index contributed by atoms with van der Waals surface area (Å²) in [4.78, 5) is 20.3. The van der Waals surface area contributed by atoms with Gasteiger partial charge in [-0.3, -0.25) is 9.78 Å². The van der Waals surface area contributed by atoms with E-state index in [1.54, 1.807) is 13.2 Å². The number of carbonyl (C=O) groups is 1. The van der Waals surface area contributed by atoms with E-state index in [4.69, 9.17) is 0 Å². The fraction of sp³-hybridized carbons (Fsp3) is 0.643. The standard InChI is InChI=1S/C14H24N4O/c1-4-6-8-11(7-5-2)17-14(19)12-9-16-10-13(15-3)18-12/h9-11H,4-8H2,1-3H3,(H,15,18)(H,17,19). The van der Waals surface area contributed by atoms with Crippen LogP contribution in [0.5, 0.6) is 0 Å². The highest BCUT2D eigenvalue weighted by Crippen LogP contribution is 2.08. The van der Waals surface area contributed by atoms with Crippen LogP contribution >= 0.6 is 0 Å². The Morgan fingerprint density at radius 2 is 2.05 bits per heavy atom. The topological polar surface area (TPSA) is 66.9 Å². The molecule has 1 heterocycles. The first-order valence-corrected chi connectivity index (χ1v) is 7.01. The summed E-state index contributed by atoms with van der Waals surface area (Å²) in [5.41, 5.74) is 0.365. The van der Waals surface area contributed by atoms with Crippen molar-refractivity contribution in [1.29, 1.82) is 0 Å². The molecule has 0 radical (unpaired) electrons. The van der Waals surface area contributed by atoms with Crippen molar-refractivity contribution in [3.8, 4) is 0 Å². The second-order valence-corrected chi connectivity index (χ2v) is 4.64. The Balaban J connectivity index is 2.64. The van der Waals surface area contributed by atoms with Gasteiger partial charge in [0.05, 0.1) is 12.4 Å². The Kier molecular flexibility index (Phi) is 6.85. The average molecular weight is 264 g/mol. The van der Waals surface area contributed by atoms with Gasteiger partial charge < -0.3 is 10.6 Å². The molecule has 1 aromatic rings. The van der Waals surface area contributed by atoms with Gasteiger partial charge in [-0.05, 0) is 12.8 Å². The molecule has 0 spiro atoms. The normalized spacial score (nSPS) is 11.9. The van der Waals surface area contributed by atoms with Gasteiger partial charge in [0.15, 0.2) is 0 Å². The molecular weight excluding hydrogens is 240 g/mol. The van der Waals surface area contributed by atoms with Crippen LogP contribution in [0.3, 0.4) is 0 Å². The number of nitrogens with one attached hydrogen (secondary N) is 2. The number of carbonyl (C=O) groups excluding carboxylic acids is 1. The summed E-state index contributed by atoms with van der Waals surface area (Å²) in [6.07, 6.45) is 8.46. The molecule has 5 heteroatoms. The van der Waals surface area contributed by atoms with Crippen LogP contribution < -0.4 is 10.6 Å². The van der Waals surface area contributed by atoms with Gasteiger partial charge in [-0.2, -0.15) is 0 Å². The minimum absolute atomic E-state index is 0.140. The van der Waals surface area contributed by atoms with Crippen LogP contribution in [0.25, 0.3) is 0 Å². The number of anilines is 1. The predicted octanol–water partition coefficient (Wildman–Crippen LogP) is 2.61. The molecule has 1 atom stereocenters. The highest BCUT2D eigenvalue weighted by Gasteiger charge is 2.14. The maximum absolute atomic E-state index is 12.1. The first-order chi connectivity index (χ1) is 9.21. The van der Waals surface area contributed by atoms with E-state index >= 15 is 0 Å². The van der Waals surface area contributed by atoms with Gasteiger partial charge >= 0.3 is 0 Å². The lowest BCUT2D eigenvalue weighted by Gasteiger charge is -2.17. The summed E-state index contributed by atoms with van der Waals surface area (Å²) in [6.45, 7) is 4.29. The van der Waals surface area contributed by atoms with Gasteiger partial charge in [-0.15, -0.1) is 0 Å². The predicted molar refractivity (Wildman–Crippen MR) is 77.3 cm³/mol. The summed E-state index contributed by atoms with van der Waals surface area (Å²) in [7, 11) is 1.76. The number of hydrogen-bond donors (Lipinski definition) is 2. The van der Waals surface area contributed by atoms with Gasteiger partial charge in [0.2, 0.25) is 0 Å². The van der Waals surface area contributed by atoms with Crippen LogP contribution in [0.2, 0.25) is 0 Å². The van der Waals surface area contributed by atoms with Gasteiger partial charge in [-0.25, -0.2) is 4.98 Å². The first-order valence-electron chi connectivity index (χ1n) is 7.01. The van der Waals surface area contributed by atoms with Gasteiger partial charge in [-0.1, -0.05) is 33.1 Å². The average Bonchev–Trinajstić information content (AvgIpc) is 2.45. The van der Waals surface area contributed by atoms with Crippen molar-refractivity contribution >= 4 is 11.7 Å². The van der Waals surface area contributed by atoms with Crippen LogP contribution in [-0.4, -0.2) is 29.0 Å². The van der Waals surface area contributed by atoms with Crippen LogP contribution in [0.1, 0.15) is 56.4 Å². The largest absolute Gasteiger partial charge is 0.372 e. The summed E-state index contributed by atoms with van der Waals surface area (Å²) in [5.74, 6) is 0.465. The molecule has 0 saturated carbocycles. The fourth-order valence-corrected chi connectivity index (χ4v) is 1.94. The number of hydrogen-bond acceptors (Lipinski definition) is 4. The smallest absolute Gasteiger partial charge is 0.271 e. The minimum atomic E-state index is -0.140. The van der Waals surface area contributed by atoms with Crippen LogP contribution in [-0.2, 0) is 0 Å². The van der Waals surface area contributed by atoms with Crippen molar-refractivity contribution < 1.29 is 4.79 Å². The van der Waals surface area contributed by atoms with Gasteiger partial charge in [0.1, 0.15) is 11.5 Å². The van der Waals surface area contributed by atoms with E-state index < -0.39 is 0 Å². The fourth-order valence-electron chi connectivity index (χ4n) is 1.94. The molecule has 2 N–H and O–H groups in total. The highest BCUT2D eigenvalue weighted by molar-refractivity contribution is 5.92. The van der Waals surface area contributed by atoms with Crippen molar-refractivity contribution in [3.63, 3.8) is 0 Å². The number of unbranched alkanes of at least 4 members (excludes halogenated alkanes) is 1. The Morgan fingerprint density at radius 3 is 2.68 bits per heavy atom. The van der Waals surface area contributed by atoms with Gasteiger partial charge in [0.25, 0.3) is 5.91 Å². The van der Waals surface area contributed by atoms with Gasteiger partial charge in [0, 0.05) is 13.1 Å². The molecule has 106 valence electrons. The third-order valence-electron chi connectivity index (χ3n) is 3.00. The second kappa shape index (κ2) is 8.45. The summed E-state index contributed by atoms with van der Waals surface area (Å²) in [6, 6.07) is 0.234. The molecule has 1 aromatic heterocycles. The summed E-state index contributed by atoms with van der Waals surface area (Å²) < 4.78 is 0. The van der Waals surface area contributed by atoms with E-state index in [2.05, 4.69) is 34.4 Å². The molecule has 19 heavy (non-hydrogen) atoms. The second-order valence-electron chi connectivity index (χ2n) is 4.64. The Hall–Kier alpha value is -1.65. The third-order valence-corrected chi connectivity index (χ3v) is 3.00. The molecule has 0 aliphatic rings. The zero-order chi connectivity index (χ0) is 14.1. The minimum Gasteiger partial charge on any atom is -0.372 e. The van der Waals surface area contributed by atoms with Crippen molar-refractivity contribution in [2.24, 2.45) is 0 Å². The zero-order valence-corrected chi connectivity index (χ0v) is 12.1. The lowest BCUT2D eigenvalue weighted by Crippen LogP contribution is -2.35. The molecule has 0 aromatic carbocycles. The summed E-state index contributed by atoms with van der Waals surface area (Å²) in [5, 5.41) is 5.93. The molecule has 0 aliphatic heterocycles. The Labute approximate surface area is 115 Å². The molecule has 0 bridgehead atoms. The molecule has 5 nitrogen and oxygen atoms in total. The lowest BCUT2D eigenvalue weighted by atomic mass is 10.1. The number of rotatable bonds is 8. The molecule has 0 aliphatic carbocycles. The molecule has 1 rings (SSSR count). The molecule has 0 fully saturated rings. The van der Waals surface area contributed by atoms with E-state index in [1.165, 1.54) is 6.20 Å². The maximum atomic E-state index is 12.1. The molecule has 0 saturated heterocycles. The van der Waals surface area contributed by atoms with E-state index in [0.717, 1.165) is 32.1 Å². The number of aromatic nitrogens is 2. The SMILES string of the molecule is CCCCC(CCC)NC(=O)c1cncc(NC)n1. The highest BCUT2D eigenvalue weighted by atomic mass is 16.1. The monoisotopic (exact) mass is 264 g/mol. The van der Waals surface area contributed by atoms with Crippen LogP contribution in [0, 0.1) is 0 Å². The molecule has 1 unspecified atom stereocenters. The first kappa shape index (κ1) is 15.4. The van der Waals surface area contributed by atoms with Crippen molar-refractivity contribution in [2.75, 3.05) is 12.4 Å². The van der Waals surface area contributed by atoms with Crippen molar-refractivity contribution in [2.45, 2.75) is 52.0 Å². The van der Waals surface area contributed by atoms with Crippen molar-refractivity contribution in [1.82, 2.24) is 15.3 Å². The van der Waals surface area contributed by atoms with Crippen molar-refractivity contribution in [3.05, 3.63) is 18.1 Å². The van der Waals surface area contributed by atoms with Crippen LogP contribution in [0.4, 0.5) is 5.82 Å². The number of nitrogens with zero attached hydrogens (tertiary/aromatic N) is 2. The number of amides is 1. The van der Waals surface area contributed by atoms with E-state index in [0.29, 0.717) is 11.5 Å². The quantitative estimate of drug-likeness (QED) is 0.757. The third kappa shape index (κ3) is 5.24. The zero-order valence-electron chi connectivity index (χ0n) is 12.1. The Bertz CT molecular complexity index is 395. The maximum Gasteiger partial charge on any atom is 0.271 e. The molecule has 1 amide bonds.